The first-order valence-corrected chi connectivity index (χ1v) is 13.1. The summed E-state index contributed by atoms with van der Waals surface area (Å²) in [6.45, 7) is 21.0. The Bertz CT molecular complexity index is 1060. The van der Waals surface area contributed by atoms with Crippen LogP contribution in [0.15, 0.2) is 83.5 Å². The molecule has 0 spiro atoms. The van der Waals surface area contributed by atoms with Gasteiger partial charge >= 0.3 is 0 Å². The van der Waals surface area contributed by atoms with Gasteiger partial charge in [0.05, 0.1) is 0 Å². The van der Waals surface area contributed by atoms with Crippen LogP contribution in [-0.4, -0.2) is 0 Å². The predicted octanol–water partition coefficient (Wildman–Crippen LogP) is 9.79. The van der Waals surface area contributed by atoms with Crippen molar-refractivity contribution in [2.24, 2.45) is 16.7 Å². The smallest absolute Gasteiger partial charge is 0.00950 e. The van der Waals surface area contributed by atoms with Crippen molar-refractivity contribution in [2.45, 2.75) is 87.5 Å². The maximum absolute atomic E-state index is 2.53. The molecule has 0 radical (unpaired) electrons. The minimum absolute atomic E-state index is 0.125. The van der Waals surface area contributed by atoms with Crippen molar-refractivity contribution in [3.63, 3.8) is 0 Å². The lowest BCUT2D eigenvalue weighted by Crippen LogP contribution is -2.22. The molecule has 182 valence electrons. The van der Waals surface area contributed by atoms with E-state index in [0.29, 0.717) is 11.8 Å². The van der Waals surface area contributed by atoms with Gasteiger partial charge in [0.15, 0.2) is 0 Å². The van der Waals surface area contributed by atoms with E-state index in [9.17, 15) is 0 Å². The third-order valence-electron chi connectivity index (χ3n) is 7.80. The minimum Gasteiger partial charge on any atom is -0.0802 e. The van der Waals surface area contributed by atoms with Gasteiger partial charge in [0.25, 0.3) is 0 Å². The molecule has 0 aliphatic heterocycles. The van der Waals surface area contributed by atoms with Crippen LogP contribution in [0.25, 0.3) is 0 Å². The van der Waals surface area contributed by atoms with Gasteiger partial charge < -0.3 is 0 Å². The van der Waals surface area contributed by atoms with Crippen LogP contribution in [-0.2, 0) is 12.8 Å². The zero-order valence-electron chi connectivity index (χ0n) is 23.1. The number of aryl methyl sites for hydroxylation is 1. The average molecular weight is 455 g/mol. The highest BCUT2D eigenvalue weighted by Gasteiger charge is 2.26. The lowest BCUT2D eigenvalue weighted by atomic mass is 9.75. The fourth-order valence-corrected chi connectivity index (χ4v) is 5.11. The summed E-state index contributed by atoms with van der Waals surface area (Å²) in [5.41, 5.74) is 10.5. The van der Waals surface area contributed by atoms with Crippen molar-refractivity contribution >= 4 is 0 Å². The Hall–Kier alpha value is -2.34. The molecule has 2 aromatic carbocycles. The molecule has 0 saturated carbocycles. The summed E-state index contributed by atoms with van der Waals surface area (Å²) in [4.78, 5) is 0. The van der Waals surface area contributed by atoms with Gasteiger partial charge in [0.2, 0.25) is 0 Å². The summed E-state index contributed by atoms with van der Waals surface area (Å²) >= 11 is 0. The number of rotatable bonds is 7. The second-order valence-electron chi connectivity index (χ2n) is 12.5. The van der Waals surface area contributed by atoms with Crippen LogP contribution in [0.5, 0.6) is 0 Å². The third kappa shape index (κ3) is 6.62. The van der Waals surface area contributed by atoms with Crippen LogP contribution in [0, 0.1) is 23.7 Å². The highest BCUT2D eigenvalue weighted by Crippen LogP contribution is 2.39. The van der Waals surface area contributed by atoms with Gasteiger partial charge in [0.1, 0.15) is 0 Å². The van der Waals surface area contributed by atoms with Gasteiger partial charge in [-0.15, -0.1) is 0 Å². The molecule has 2 aromatic rings. The molecule has 0 nitrogen and oxygen atoms in total. The summed E-state index contributed by atoms with van der Waals surface area (Å²) in [6, 6.07) is 18.4. The lowest BCUT2D eigenvalue weighted by molar-refractivity contribution is 0.248. The Labute approximate surface area is 209 Å². The zero-order chi connectivity index (χ0) is 25.1. The summed E-state index contributed by atoms with van der Waals surface area (Å²) in [6.07, 6.45) is 10.4. The first-order chi connectivity index (χ1) is 15.9. The number of hydrogen-bond acceptors (Lipinski definition) is 0. The minimum atomic E-state index is 0.125. The normalized spacial score (nSPS) is 16.0. The van der Waals surface area contributed by atoms with Crippen LogP contribution in [0.4, 0.5) is 0 Å². The van der Waals surface area contributed by atoms with Gasteiger partial charge in [0, 0.05) is 5.92 Å². The highest BCUT2D eigenvalue weighted by atomic mass is 14.3. The topological polar surface area (TPSA) is 0 Å². The van der Waals surface area contributed by atoms with E-state index in [0.717, 1.165) is 19.3 Å². The molecule has 3 rings (SSSR count). The van der Waals surface area contributed by atoms with E-state index in [1.165, 1.54) is 39.0 Å². The SMILES string of the molecule is CC1=C(C(C)(C)C)C=C(C(Cc2ccccc2)c2cc(C)cc(CC(C)(C)C(C)C)c2)CC=C1. The third-order valence-corrected chi connectivity index (χ3v) is 7.80. The largest absolute Gasteiger partial charge is 0.0802 e. The zero-order valence-corrected chi connectivity index (χ0v) is 23.1. The monoisotopic (exact) mass is 454 g/mol. The van der Waals surface area contributed by atoms with E-state index in [-0.39, 0.29) is 10.8 Å². The second-order valence-corrected chi connectivity index (χ2v) is 12.5. The molecular weight excluding hydrogens is 408 g/mol. The maximum atomic E-state index is 2.53. The molecule has 0 fully saturated rings. The molecule has 0 N–H and O–H groups in total. The van der Waals surface area contributed by atoms with Crippen LogP contribution in [0.1, 0.15) is 90.0 Å². The molecule has 0 saturated heterocycles. The van der Waals surface area contributed by atoms with Crippen LogP contribution in [0.3, 0.4) is 0 Å². The first kappa shape index (κ1) is 26.3. The Kier molecular flexibility index (Phi) is 8.12. The molecule has 0 heteroatoms. The predicted molar refractivity (Wildman–Crippen MR) is 150 cm³/mol. The van der Waals surface area contributed by atoms with E-state index < -0.39 is 0 Å². The fraction of sp³-hybridized carbons (Fsp3) is 0.471. The van der Waals surface area contributed by atoms with Gasteiger partial charge in [-0.25, -0.2) is 0 Å². The van der Waals surface area contributed by atoms with Crippen molar-refractivity contribution in [3.8, 4) is 0 Å². The Morgan fingerprint density at radius 2 is 1.53 bits per heavy atom. The van der Waals surface area contributed by atoms with Gasteiger partial charge in [-0.2, -0.15) is 0 Å². The molecule has 1 unspecified atom stereocenters. The number of benzene rings is 2. The Morgan fingerprint density at radius 3 is 2.15 bits per heavy atom. The standard InChI is InChI=1S/C34H46/c1-24(2)34(8,9)23-28-18-25(3)19-30(20-28)31(21-27-15-11-10-12-16-27)29-17-13-14-26(4)32(22-29)33(5,6)7/h10-16,18-20,22,24,31H,17,21,23H2,1-9H3. The molecule has 0 heterocycles. The first-order valence-electron chi connectivity index (χ1n) is 13.1. The van der Waals surface area contributed by atoms with E-state index in [1.54, 1.807) is 0 Å². The van der Waals surface area contributed by atoms with Crippen LogP contribution in [0.2, 0.25) is 0 Å². The Morgan fingerprint density at radius 1 is 0.853 bits per heavy atom. The van der Waals surface area contributed by atoms with E-state index in [4.69, 9.17) is 0 Å². The molecule has 0 amide bonds. The van der Waals surface area contributed by atoms with Crippen molar-refractivity contribution in [1.29, 1.82) is 0 Å². The number of hydrogen-bond donors (Lipinski definition) is 0. The lowest BCUT2D eigenvalue weighted by Gasteiger charge is -2.30. The van der Waals surface area contributed by atoms with Crippen molar-refractivity contribution < 1.29 is 0 Å². The van der Waals surface area contributed by atoms with E-state index in [2.05, 4.69) is 129 Å². The highest BCUT2D eigenvalue weighted by molar-refractivity contribution is 5.46. The molecule has 0 bridgehead atoms. The maximum Gasteiger partial charge on any atom is 0.00950 e. The average Bonchev–Trinajstić information content (AvgIpc) is 2.93. The van der Waals surface area contributed by atoms with Crippen LogP contribution >= 0.6 is 0 Å². The van der Waals surface area contributed by atoms with Gasteiger partial charge in [-0.3, -0.25) is 0 Å². The second kappa shape index (κ2) is 10.5. The molecule has 0 aromatic heterocycles. The summed E-state index contributed by atoms with van der Waals surface area (Å²) in [5, 5.41) is 0. The van der Waals surface area contributed by atoms with Crippen molar-refractivity contribution in [3.05, 3.63) is 106 Å². The quantitative estimate of drug-likeness (QED) is 0.390. The van der Waals surface area contributed by atoms with E-state index in [1.807, 2.05) is 0 Å². The van der Waals surface area contributed by atoms with E-state index >= 15 is 0 Å². The fourth-order valence-electron chi connectivity index (χ4n) is 5.11. The van der Waals surface area contributed by atoms with Gasteiger partial charge in [-0.1, -0.05) is 126 Å². The Balaban J connectivity index is 2.12. The van der Waals surface area contributed by atoms with Crippen LogP contribution < -0.4 is 0 Å². The summed E-state index contributed by atoms with van der Waals surface area (Å²) in [5.74, 6) is 1.02. The van der Waals surface area contributed by atoms with Gasteiger partial charge in [-0.05, 0) is 77.7 Å². The van der Waals surface area contributed by atoms with Crippen molar-refractivity contribution in [1.82, 2.24) is 0 Å². The summed E-state index contributed by atoms with van der Waals surface area (Å²) < 4.78 is 0. The van der Waals surface area contributed by atoms with Crippen molar-refractivity contribution in [2.75, 3.05) is 0 Å². The molecular formula is C34H46. The number of allylic oxidation sites excluding steroid dienone is 6. The molecule has 1 aliphatic rings. The molecule has 1 atom stereocenters. The molecule has 34 heavy (non-hydrogen) atoms. The summed E-state index contributed by atoms with van der Waals surface area (Å²) in [7, 11) is 0. The molecule has 1 aliphatic carbocycles.